The highest BCUT2D eigenvalue weighted by molar-refractivity contribution is 6.32. The Morgan fingerprint density at radius 2 is 1.96 bits per heavy atom. The number of hydrogen-bond donors (Lipinski definition) is 1. The van der Waals surface area contributed by atoms with Gasteiger partial charge in [-0.25, -0.2) is 4.39 Å². The van der Waals surface area contributed by atoms with Crippen LogP contribution in [0.4, 0.5) is 15.8 Å². The molecule has 1 N–H and O–H groups in total. The number of hydrogen-bond acceptors (Lipinski definition) is 3. The molecule has 0 aliphatic rings. The van der Waals surface area contributed by atoms with E-state index >= 15 is 0 Å². The highest BCUT2D eigenvalue weighted by atomic mass is 35.5. The molecule has 5 nitrogen and oxygen atoms in total. The number of ether oxygens (including phenoxy) is 1. The maximum atomic E-state index is 13.9. The fraction of sp³-hybridized carbons (Fsp3) is 0.176. The van der Waals surface area contributed by atoms with Crippen LogP contribution in [0.15, 0.2) is 42.5 Å². The molecule has 2 aromatic carbocycles. The summed E-state index contributed by atoms with van der Waals surface area (Å²) in [6, 6.07) is 10.5. The van der Waals surface area contributed by atoms with Crippen LogP contribution < -0.4 is 15.0 Å². The molecule has 2 rings (SSSR count). The first-order valence-electron chi connectivity index (χ1n) is 7.08. The van der Waals surface area contributed by atoms with Gasteiger partial charge in [0, 0.05) is 12.6 Å². The smallest absolute Gasteiger partial charge is 0.244 e. The van der Waals surface area contributed by atoms with Gasteiger partial charge in [0.2, 0.25) is 11.8 Å². The Morgan fingerprint density at radius 3 is 2.54 bits per heavy atom. The minimum atomic E-state index is -0.576. The lowest BCUT2D eigenvalue weighted by Crippen LogP contribution is -2.37. The number of carbonyl (C=O) groups is 2. The van der Waals surface area contributed by atoms with Crippen molar-refractivity contribution in [3.63, 3.8) is 0 Å². The summed E-state index contributed by atoms with van der Waals surface area (Å²) in [5, 5.41) is 2.95. The third-order valence-electron chi connectivity index (χ3n) is 3.26. The predicted molar refractivity (Wildman–Crippen MR) is 91.1 cm³/mol. The fourth-order valence-corrected chi connectivity index (χ4v) is 2.38. The number of halogens is 2. The van der Waals surface area contributed by atoms with Gasteiger partial charge in [-0.1, -0.05) is 23.7 Å². The van der Waals surface area contributed by atoms with E-state index in [-0.39, 0.29) is 12.2 Å². The van der Waals surface area contributed by atoms with Crippen LogP contribution in [0.1, 0.15) is 6.92 Å². The summed E-state index contributed by atoms with van der Waals surface area (Å²) < 4.78 is 18.9. The van der Waals surface area contributed by atoms with Crippen LogP contribution in [0.5, 0.6) is 5.75 Å². The van der Waals surface area contributed by atoms with Crippen LogP contribution in [-0.2, 0) is 9.59 Å². The molecule has 2 aromatic rings. The van der Waals surface area contributed by atoms with Crippen LogP contribution in [-0.4, -0.2) is 25.5 Å². The van der Waals surface area contributed by atoms with Gasteiger partial charge in [-0.3, -0.25) is 9.59 Å². The van der Waals surface area contributed by atoms with Crippen LogP contribution in [0, 0.1) is 5.82 Å². The van der Waals surface area contributed by atoms with Crippen molar-refractivity contribution in [3.05, 3.63) is 53.3 Å². The SMILES string of the molecule is COc1ccc(NC(=O)CN(C(C)=O)c2ccccc2F)cc1Cl. The molecular formula is C17H16ClFN2O3. The van der Waals surface area contributed by atoms with Crippen molar-refractivity contribution in [1.82, 2.24) is 0 Å². The Morgan fingerprint density at radius 1 is 1.25 bits per heavy atom. The highest BCUT2D eigenvalue weighted by Crippen LogP contribution is 2.27. The van der Waals surface area contributed by atoms with E-state index in [0.717, 1.165) is 4.90 Å². The van der Waals surface area contributed by atoms with E-state index in [1.807, 2.05) is 0 Å². The van der Waals surface area contributed by atoms with E-state index in [1.165, 1.54) is 38.3 Å². The largest absolute Gasteiger partial charge is 0.495 e. The number of para-hydroxylation sites is 1. The zero-order valence-electron chi connectivity index (χ0n) is 13.2. The molecule has 0 aromatic heterocycles. The number of methoxy groups -OCH3 is 1. The minimum absolute atomic E-state index is 0.0490. The zero-order valence-corrected chi connectivity index (χ0v) is 13.9. The molecule has 0 spiro atoms. The van der Waals surface area contributed by atoms with Crippen LogP contribution in [0.3, 0.4) is 0 Å². The van der Waals surface area contributed by atoms with Gasteiger partial charge < -0.3 is 15.0 Å². The first kappa shape index (κ1) is 17.7. The molecule has 0 unspecified atom stereocenters. The van der Waals surface area contributed by atoms with Crippen molar-refractivity contribution >= 4 is 34.8 Å². The maximum absolute atomic E-state index is 13.9. The summed E-state index contributed by atoms with van der Waals surface area (Å²) in [6.07, 6.45) is 0. The van der Waals surface area contributed by atoms with Gasteiger partial charge in [-0.05, 0) is 30.3 Å². The fourth-order valence-electron chi connectivity index (χ4n) is 2.13. The van der Waals surface area contributed by atoms with Gasteiger partial charge in [0.05, 0.1) is 17.8 Å². The average Bonchev–Trinajstić information content (AvgIpc) is 2.53. The van der Waals surface area contributed by atoms with Crippen molar-refractivity contribution in [2.45, 2.75) is 6.92 Å². The molecule has 0 radical (unpaired) electrons. The van der Waals surface area contributed by atoms with Crippen molar-refractivity contribution in [2.24, 2.45) is 0 Å². The summed E-state index contributed by atoms with van der Waals surface area (Å²) in [6.45, 7) is 0.948. The Kier molecular flexibility index (Phi) is 5.76. The summed E-state index contributed by atoms with van der Waals surface area (Å²) in [5.41, 5.74) is 0.496. The molecular weight excluding hydrogens is 335 g/mol. The first-order valence-corrected chi connectivity index (χ1v) is 7.46. The van der Waals surface area contributed by atoms with Crippen molar-refractivity contribution < 1.29 is 18.7 Å². The van der Waals surface area contributed by atoms with E-state index < -0.39 is 17.6 Å². The summed E-state index contributed by atoms with van der Waals surface area (Å²) >= 11 is 6.00. The second-order valence-corrected chi connectivity index (χ2v) is 5.36. The van der Waals surface area contributed by atoms with E-state index in [2.05, 4.69) is 5.32 Å². The molecule has 0 atom stereocenters. The number of amides is 2. The number of nitrogens with zero attached hydrogens (tertiary/aromatic N) is 1. The van der Waals surface area contributed by atoms with Gasteiger partial charge >= 0.3 is 0 Å². The van der Waals surface area contributed by atoms with Gasteiger partial charge in [-0.15, -0.1) is 0 Å². The standard InChI is InChI=1S/C17H16ClFN2O3/c1-11(22)21(15-6-4-3-5-14(15)19)10-17(23)20-12-7-8-16(24-2)13(18)9-12/h3-9H,10H2,1-2H3,(H,20,23). The number of anilines is 2. The molecule has 0 saturated carbocycles. The van der Waals surface area contributed by atoms with Crippen molar-refractivity contribution in [2.75, 3.05) is 23.9 Å². The molecule has 0 bridgehead atoms. The minimum Gasteiger partial charge on any atom is -0.495 e. The molecule has 0 fully saturated rings. The Labute approximate surface area is 144 Å². The quantitative estimate of drug-likeness (QED) is 0.898. The second-order valence-electron chi connectivity index (χ2n) is 4.95. The van der Waals surface area contributed by atoms with Crippen molar-refractivity contribution in [1.29, 1.82) is 0 Å². The molecule has 2 amide bonds. The van der Waals surface area contributed by atoms with Crippen LogP contribution >= 0.6 is 11.6 Å². The molecule has 7 heteroatoms. The van der Waals surface area contributed by atoms with Gasteiger partial charge in [0.15, 0.2) is 0 Å². The van der Waals surface area contributed by atoms with E-state index in [1.54, 1.807) is 18.2 Å². The van der Waals surface area contributed by atoms with Crippen LogP contribution in [0.2, 0.25) is 5.02 Å². The lowest BCUT2D eigenvalue weighted by molar-refractivity contribution is -0.120. The third kappa shape index (κ3) is 4.23. The normalized spacial score (nSPS) is 10.2. The number of carbonyl (C=O) groups excluding carboxylic acids is 2. The van der Waals surface area contributed by atoms with Crippen molar-refractivity contribution in [3.8, 4) is 5.75 Å². The van der Waals surface area contributed by atoms with E-state index in [0.29, 0.717) is 16.5 Å². The molecule has 0 saturated heterocycles. The lowest BCUT2D eigenvalue weighted by atomic mass is 10.2. The van der Waals surface area contributed by atoms with Gasteiger partial charge in [0.25, 0.3) is 0 Å². The summed E-state index contributed by atoms with van der Waals surface area (Å²) in [5.74, 6) is -1.02. The molecule has 126 valence electrons. The second kappa shape index (κ2) is 7.79. The third-order valence-corrected chi connectivity index (χ3v) is 3.56. The van der Waals surface area contributed by atoms with Crippen LogP contribution in [0.25, 0.3) is 0 Å². The van der Waals surface area contributed by atoms with E-state index in [9.17, 15) is 14.0 Å². The number of benzene rings is 2. The molecule has 24 heavy (non-hydrogen) atoms. The summed E-state index contributed by atoms with van der Waals surface area (Å²) in [4.78, 5) is 25.0. The van der Waals surface area contributed by atoms with Gasteiger partial charge in [-0.2, -0.15) is 0 Å². The Balaban J connectivity index is 2.13. The Bertz CT molecular complexity index is 767. The number of nitrogens with one attached hydrogen (secondary N) is 1. The molecule has 0 heterocycles. The Hall–Kier alpha value is -2.60. The van der Waals surface area contributed by atoms with E-state index in [4.69, 9.17) is 16.3 Å². The number of rotatable bonds is 5. The van der Waals surface area contributed by atoms with Gasteiger partial charge in [0.1, 0.15) is 18.1 Å². The summed E-state index contributed by atoms with van der Waals surface area (Å²) in [7, 11) is 1.48. The maximum Gasteiger partial charge on any atom is 0.244 e. The zero-order chi connectivity index (χ0) is 17.7. The predicted octanol–water partition coefficient (Wildman–Crippen LogP) is 3.48. The molecule has 0 aliphatic heterocycles. The first-order chi connectivity index (χ1) is 11.4. The monoisotopic (exact) mass is 350 g/mol. The molecule has 0 aliphatic carbocycles. The lowest BCUT2D eigenvalue weighted by Gasteiger charge is -2.21. The highest BCUT2D eigenvalue weighted by Gasteiger charge is 2.19. The topological polar surface area (TPSA) is 58.6 Å². The average molecular weight is 351 g/mol.